The number of nitrogen functional groups attached to an aromatic ring is 1. The number of benzene rings is 2. The van der Waals surface area contributed by atoms with Gasteiger partial charge in [-0.05, 0) is 76.6 Å². The lowest BCUT2D eigenvalue weighted by Gasteiger charge is -2.32. The van der Waals surface area contributed by atoms with Gasteiger partial charge in [0.2, 0.25) is 0 Å². The molecule has 4 aromatic rings. The first-order chi connectivity index (χ1) is 19.8. The summed E-state index contributed by atoms with van der Waals surface area (Å²) in [4.78, 5) is 23.1. The van der Waals surface area contributed by atoms with Crippen molar-refractivity contribution in [2.24, 2.45) is 0 Å². The number of nitrogens with two attached hydrogens (primary N) is 1. The number of rotatable bonds is 10. The standard InChI is InChI=1S/C31H38N6O4/c1-31(2,3)41-26(38)15-18-39-19-17-36-16-7-8-23(20-36)37-30-27(29(32)33-21-34-30)28(35-37)22-11-13-25(14-12-22)40-24-9-5-4-6-10-24/h4-6,9-14,21,23H,7-8,15-20H2,1-3H3,(H2,32,33,34). The SMILES string of the molecule is CC(C)(C)OC(=O)CCOCCN1CCCC(n2nc(-c3ccc(Oc4ccccc4)cc3)c3c(N)ncnc32)C1. The molecule has 3 heterocycles. The number of likely N-dealkylation sites (tertiary alicyclic amines) is 1. The molecule has 41 heavy (non-hydrogen) atoms. The first-order valence-corrected chi connectivity index (χ1v) is 14.1. The van der Waals surface area contributed by atoms with Crippen molar-refractivity contribution in [3.63, 3.8) is 0 Å². The third-order valence-electron chi connectivity index (χ3n) is 6.87. The van der Waals surface area contributed by atoms with Crippen molar-refractivity contribution in [3.8, 4) is 22.8 Å². The highest BCUT2D eigenvalue weighted by Crippen LogP contribution is 2.34. The second kappa shape index (κ2) is 12.7. The van der Waals surface area contributed by atoms with Gasteiger partial charge in [-0.2, -0.15) is 5.10 Å². The van der Waals surface area contributed by atoms with Crippen LogP contribution in [-0.4, -0.2) is 69.1 Å². The van der Waals surface area contributed by atoms with Gasteiger partial charge in [-0.25, -0.2) is 14.6 Å². The van der Waals surface area contributed by atoms with Crippen LogP contribution in [0, 0.1) is 0 Å². The minimum Gasteiger partial charge on any atom is -0.460 e. The van der Waals surface area contributed by atoms with Crippen molar-refractivity contribution in [3.05, 3.63) is 60.9 Å². The summed E-state index contributed by atoms with van der Waals surface area (Å²) in [6.45, 7) is 9.07. The van der Waals surface area contributed by atoms with E-state index in [4.69, 9.17) is 25.0 Å². The molecule has 1 aliphatic heterocycles. The van der Waals surface area contributed by atoms with Crippen LogP contribution in [0.1, 0.15) is 46.1 Å². The van der Waals surface area contributed by atoms with E-state index in [0.717, 1.165) is 66.3 Å². The quantitative estimate of drug-likeness (QED) is 0.206. The van der Waals surface area contributed by atoms with Crippen LogP contribution in [0.4, 0.5) is 5.82 Å². The monoisotopic (exact) mass is 558 g/mol. The Kier molecular flexibility index (Phi) is 8.80. The van der Waals surface area contributed by atoms with Gasteiger partial charge in [-0.1, -0.05) is 18.2 Å². The predicted molar refractivity (Wildman–Crippen MR) is 158 cm³/mol. The van der Waals surface area contributed by atoms with Crippen LogP contribution in [0.5, 0.6) is 11.5 Å². The van der Waals surface area contributed by atoms with E-state index in [1.165, 1.54) is 6.33 Å². The Morgan fingerprint density at radius 3 is 2.54 bits per heavy atom. The van der Waals surface area contributed by atoms with Crippen molar-refractivity contribution in [2.45, 2.75) is 51.7 Å². The lowest BCUT2D eigenvalue weighted by atomic mass is 10.1. The molecule has 1 saturated heterocycles. The van der Waals surface area contributed by atoms with Gasteiger partial charge in [-0.3, -0.25) is 9.69 Å². The molecular weight excluding hydrogens is 520 g/mol. The first-order valence-electron chi connectivity index (χ1n) is 14.1. The van der Waals surface area contributed by atoms with Gasteiger partial charge >= 0.3 is 5.97 Å². The number of nitrogens with zero attached hydrogens (tertiary/aromatic N) is 5. The second-order valence-corrected chi connectivity index (χ2v) is 11.2. The molecule has 2 N–H and O–H groups in total. The van der Waals surface area contributed by atoms with Crippen LogP contribution >= 0.6 is 0 Å². The van der Waals surface area contributed by atoms with Crippen LogP contribution < -0.4 is 10.5 Å². The van der Waals surface area contributed by atoms with Gasteiger partial charge in [0.15, 0.2) is 5.65 Å². The van der Waals surface area contributed by atoms with E-state index in [1.54, 1.807) is 0 Å². The van der Waals surface area contributed by atoms with Crippen LogP contribution in [0.2, 0.25) is 0 Å². The van der Waals surface area contributed by atoms with Gasteiger partial charge in [0, 0.05) is 18.7 Å². The van der Waals surface area contributed by atoms with Gasteiger partial charge in [0.25, 0.3) is 0 Å². The molecule has 5 rings (SSSR count). The fourth-order valence-corrected chi connectivity index (χ4v) is 5.04. The molecule has 2 aromatic carbocycles. The third kappa shape index (κ3) is 7.39. The minimum atomic E-state index is -0.480. The van der Waals surface area contributed by atoms with Gasteiger partial charge in [-0.15, -0.1) is 0 Å². The van der Waals surface area contributed by atoms with Crippen molar-refractivity contribution in [2.75, 3.05) is 38.6 Å². The number of carbonyl (C=O) groups is 1. The third-order valence-corrected chi connectivity index (χ3v) is 6.87. The zero-order valence-electron chi connectivity index (χ0n) is 24.0. The fraction of sp³-hybridized carbons (Fsp3) is 0.419. The number of anilines is 1. The lowest BCUT2D eigenvalue weighted by molar-refractivity contribution is -0.156. The Morgan fingerprint density at radius 2 is 1.78 bits per heavy atom. The molecule has 1 aliphatic rings. The molecule has 0 spiro atoms. The van der Waals surface area contributed by atoms with Crippen LogP contribution in [0.3, 0.4) is 0 Å². The molecule has 0 aliphatic carbocycles. The number of fused-ring (bicyclic) bond motifs is 1. The van der Waals surface area contributed by atoms with Crippen LogP contribution in [0.25, 0.3) is 22.3 Å². The number of carbonyl (C=O) groups excluding carboxylic acids is 1. The molecule has 0 radical (unpaired) electrons. The van der Waals surface area contributed by atoms with Crippen LogP contribution in [0.15, 0.2) is 60.9 Å². The molecule has 1 atom stereocenters. The van der Waals surface area contributed by atoms with E-state index < -0.39 is 5.60 Å². The summed E-state index contributed by atoms with van der Waals surface area (Å²) in [6, 6.07) is 17.6. The van der Waals surface area contributed by atoms with Crippen molar-refractivity contribution in [1.82, 2.24) is 24.6 Å². The number of aromatic nitrogens is 4. The van der Waals surface area contributed by atoms with E-state index in [1.807, 2.05) is 80.1 Å². The summed E-state index contributed by atoms with van der Waals surface area (Å²) < 4.78 is 19.0. The maximum Gasteiger partial charge on any atom is 0.308 e. The average molecular weight is 559 g/mol. The molecule has 10 nitrogen and oxygen atoms in total. The number of ether oxygens (including phenoxy) is 3. The van der Waals surface area contributed by atoms with E-state index in [2.05, 4.69) is 14.9 Å². The molecule has 216 valence electrons. The van der Waals surface area contributed by atoms with E-state index in [0.29, 0.717) is 19.0 Å². The summed E-state index contributed by atoms with van der Waals surface area (Å²) in [7, 11) is 0. The minimum absolute atomic E-state index is 0.136. The normalized spacial score (nSPS) is 16.1. The highest BCUT2D eigenvalue weighted by atomic mass is 16.6. The zero-order chi connectivity index (χ0) is 28.8. The number of piperidine rings is 1. The highest BCUT2D eigenvalue weighted by Gasteiger charge is 2.26. The van der Waals surface area contributed by atoms with Gasteiger partial charge in [0.05, 0.1) is 31.1 Å². The smallest absolute Gasteiger partial charge is 0.308 e. The summed E-state index contributed by atoms with van der Waals surface area (Å²) >= 11 is 0. The van der Waals surface area contributed by atoms with Crippen molar-refractivity contribution >= 4 is 22.8 Å². The largest absolute Gasteiger partial charge is 0.460 e. The topological polar surface area (TPSA) is 118 Å². The zero-order valence-corrected chi connectivity index (χ0v) is 24.0. The summed E-state index contributed by atoms with van der Waals surface area (Å²) in [5.74, 6) is 1.69. The Bertz CT molecular complexity index is 1450. The highest BCUT2D eigenvalue weighted by molar-refractivity contribution is 5.98. The molecule has 1 fully saturated rings. The first kappa shape index (κ1) is 28.5. The number of para-hydroxylation sites is 1. The maximum atomic E-state index is 11.9. The molecular formula is C31H38N6O4. The molecule has 0 bridgehead atoms. The Hall–Kier alpha value is -4.02. The van der Waals surface area contributed by atoms with Crippen LogP contribution in [-0.2, 0) is 14.3 Å². The van der Waals surface area contributed by atoms with Crippen molar-refractivity contribution < 1.29 is 19.0 Å². The maximum absolute atomic E-state index is 11.9. The molecule has 0 saturated carbocycles. The van der Waals surface area contributed by atoms with E-state index in [-0.39, 0.29) is 18.4 Å². The Labute approximate surface area is 240 Å². The Morgan fingerprint density at radius 1 is 1.02 bits per heavy atom. The second-order valence-electron chi connectivity index (χ2n) is 11.2. The fourth-order valence-electron chi connectivity index (χ4n) is 5.04. The van der Waals surface area contributed by atoms with E-state index in [9.17, 15) is 4.79 Å². The summed E-state index contributed by atoms with van der Waals surface area (Å²) in [6.07, 6.45) is 3.77. The number of hydrogen-bond acceptors (Lipinski definition) is 9. The lowest BCUT2D eigenvalue weighted by Crippen LogP contribution is -2.39. The number of hydrogen-bond donors (Lipinski definition) is 1. The molecule has 1 unspecified atom stereocenters. The van der Waals surface area contributed by atoms with Gasteiger partial charge in [0.1, 0.15) is 34.9 Å². The molecule has 10 heteroatoms. The molecule has 0 amide bonds. The number of esters is 1. The summed E-state index contributed by atoms with van der Waals surface area (Å²) in [5, 5.41) is 5.79. The average Bonchev–Trinajstić information content (AvgIpc) is 3.34. The molecule has 2 aromatic heterocycles. The predicted octanol–water partition coefficient (Wildman–Crippen LogP) is 5.25. The van der Waals surface area contributed by atoms with Gasteiger partial charge < -0.3 is 19.9 Å². The summed E-state index contributed by atoms with van der Waals surface area (Å²) in [5.41, 5.74) is 8.29. The Balaban J connectivity index is 1.25. The van der Waals surface area contributed by atoms with Crippen molar-refractivity contribution in [1.29, 1.82) is 0 Å². The van der Waals surface area contributed by atoms with E-state index >= 15 is 0 Å².